The van der Waals surface area contributed by atoms with Gasteiger partial charge < -0.3 is 36.4 Å². The van der Waals surface area contributed by atoms with Crippen LogP contribution >= 0.6 is 0 Å². The third-order valence-electron chi connectivity index (χ3n) is 6.08. The summed E-state index contributed by atoms with van der Waals surface area (Å²) < 4.78 is 0. The maximum Gasteiger partial charge on any atom is 0.326 e. The Labute approximate surface area is 208 Å². The van der Waals surface area contributed by atoms with E-state index in [-0.39, 0.29) is 12.3 Å². The van der Waals surface area contributed by atoms with Gasteiger partial charge in [-0.15, -0.1) is 0 Å². The van der Waals surface area contributed by atoms with Gasteiger partial charge >= 0.3 is 18.0 Å². The fourth-order valence-electron chi connectivity index (χ4n) is 4.03. The van der Waals surface area contributed by atoms with E-state index >= 15 is 0 Å². The number of carboxylic acids is 2. The molecule has 1 atom stereocenters. The van der Waals surface area contributed by atoms with Crippen molar-refractivity contribution in [3.8, 4) is 0 Å². The largest absolute Gasteiger partial charge is 0.480 e. The Hall–Kier alpha value is -2.40. The molecule has 1 saturated heterocycles. The molecule has 35 heavy (non-hydrogen) atoms. The Morgan fingerprint density at radius 1 is 0.800 bits per heavy atom. The molecular weight excluding hydrogens is 454 g/mol. The molecule has 0 aromatic rings. The lowest BCUT2D eigenvalue weighted by Crippen LogP contribution is -2.47. The van der Waals surface area contributed by atoms with E-state index in [0.717, 1.165) is 32.4 Å². The molecule has 0 aromatic carbocycles. The van der Waals surface area contributed by atoms with Crippen LogP contribution in [0.5, 0.6) is 0 Å². The highest BCUT2D eigenvalue weighted by Gasteiger charge is 2.19. The van der Waals surface area contributed by atoms with Crippen molar-refractivity contribution < 1.29 is 29.4 Å². The number of nitrogens with zero attached hydrogens (tertiary/aromatic N) is 1. The minimum atomic E-state index is -1.21. The number of rotatable bonds is 20. The van der Waals surface area contributed by atoms with Crippen molar-refractivity contribution in [3.05, 3.63) is 0 Å². The second-order valence-electron chi connectivity index (χ2n) is 9.13. The maximum atomic E-state index is 11.9. The summed E-state index contributed by atoms with van der Waals surface area (Å²) in [6.07, 6.45) is 11.3. The Morgan fingerprint density at radius 2 is 1.43 bits per heavy atom. The zero-order valence-electron chi connectivity index (χ0n) is 21.0. The SMILES string of the molecule is O=C(O)CNC(=O)N[C@@H](CCCCNC(=O)CCCCCCCCCCN1CCNCC1)C(=O)O. The highest BCUT2D eigenvalue weighted by molar-refractivity contribution is 5.84. The van der Waals surface area contributed by atoms with E-state index in [1.54, 1.807) is 0 Å². The summed E-state index contributed by atoms with van der Waals surface area (Å²) in [5.74, 6) is -2.39. The number of nitrogens with one attached hydrogen (secondary N) is 4. The Balaban J connectivity index is 1.92. The molecule has 1 rings (SSSR count). The number of amides is 3. The quantitative estimate of drug-likeness (QED) is 0.138. The van der Waals surface area contributed by atoms with Crippen molar-refractivity contribution in [2.45, 2.75) is 83.1 Å². The minimum Gasteiger partial charge on any atom is -0.480 e. The fourth-order valence-corrected chi connectivity index (χ4v) is 4.03. The van der Waals surface area contributed by atoms with E-state index in [1.165, 1.54) is 51.7 Å². The third-order valence-corrected chi connectivity index (χ3v) is 6.08. The number of urea groups is 1. The topological polar surface area (TPSA) is 160 Å². The van der Waals surface area contributed by atoms with Crippen LogP contribution in [0.25, 0.3) is 0 Å². The molecule has 1 heterocycles. The molecule has 1 aliphatic heterocycles. The summed E-state index contributed by atoms with van der Waals surface area (Å²) in [5, 5.41) is 28.2. The van der Waals surface area contributed by atoms with Crippen LogP contribution in [0.2, 0.25) is 0 Å². The van der Waals surface area contributed by atoms with Crippen LogP contribution in [0.15, 0.2) is 0 Å². The van der Waals surface area contributed by atoms with Gasteiger partial charge in [0.25, 0.3) is 0 Å². The van der Waals surface area contributed by atoms with Gasteiger partial charge in [-0.25, -0.2) is 9.59 Å². The number of hydrogen-bond donors (Lipinski definition) is 6. The first-order chi connectivity index (χ1) is 16.9. The van der Waals surface area contributed by atoms with E-state index in [4.69, 9.17) is 5.11 Å². The van der Waals surface area contributed by atoms with Crippen LogP contribution < -0.4 is 21.3 Å². The first-order valence-corrected chi connectivity index (χ1v) is 13.1. The Morgan fingerprint density at radius 3 is 2.06 bits per heavy atom. The van der Waals surface area contributed by atoms with E-state index in [2.05, 4.69) is 26.2 Å². The molecule has 1 fully saturated rings. The molecule has 0 saturated carbocycles. The van der Waals surface area contributed by atoms with E-state index < -0.39 is 30.6 Å². The monoisotopic (exact) mass is 499 g/mol. The van der Waals surface area contributed by atoms with Gasteiger partial charge in [0.05, 0.1) is 0 Å². The number of piperazine rings is 1. The van der Waals surface area contributed by atoms with Crippen molar-refractivity contribution >= 4 is 23.9 Å². The number of carboxylic acid groups (broad SMARTS) is 2. The fraction of sp³-hybridized carbons (Fsp3) is 0.833. The molecule has 6 N–H and O–H groups in total. The highest BCUT2D eigenvalue weighted by Crippen LogP contribution is 2.10. The normalized spacial score (nSPS) is 14.7. The number of unbranched alkanes of at least 4 members (excludes halogenated alkanes) is 8. The van der Waals surface area contributed by atoms with Crippen molar-refractivity contribution in [1.82, 2.24) is 26.2 Å². The lowest BCUT2D eigenvalue weighted by atomic mass is 10.1. The average Bonchev–Trinajstić information content (AvgIpc) is 2.83. The molecule has 0 aromatic heterocycles. The number of hydrogen-bond acceptors (Lipinski definition) is 6. The lowest BCUT2D eigenvalue weighted by Gasteiger charge is -2.27. The number of aliphatic carboxylic acids is 2. The minimum absolute atomic E-state index is 0.0128. The summed E-state index contributed by atoms with van der Waals surface area (Å²) in [6, 6.07) is -1.94. The standard InChI is InChI=1S/C24H45N5O6/c30-21(12-7-5-3-1-2-4-6-10-16-29-17-14-25-15-18-29)26-13-9-8-11-20(23(33)34)28-24(35)27-19-22(31)32/h20,25H,1-19H2,(H,26,30)(H,31,32)(H,33,34)(H2,27,28,35)/t20-/m0/s1. The van der Waals surface area contributed by atoms with E-state index in [0.29, 0.717) is 25.8 Å². The molecule has 0 aliphatic carbocycles. The second kappa shape index (κ2) is 19.9. The molecule has 11 nitrogen and oxygen atoms in total. The van der Waals surface area contributed by atoms with Crippen LogP contribution in [0, 0.1) is 0 Å². The van der Waals surface area contributed by atoms with Gasteiger partial charge in [0, 0.05) is 39.1 Å². The molecule has 1 aliphatic rings. The van der Waals surface area contributed by atoms with Crippen molar-refractivity contribution in [1.29, 1.82) is 0 Å². The van der Waals surface area contributed by atoms with E-state index in [1.807, 2.05) is 0 Å². The van der Waals surface area contributed by atoms with Gasteiger partial charge in [0.15, 0.2) is 0 Å². The van der Waals surface area contributed by atoms with Gasteiger partial charge in [-0.1, -0.05) is 38.5 Å². The molecule has 202 valence electrons. The summed E-state index contributed by atoms with van der Waals surface area (Å²) in [4.78, 5) is 47.6. The molecule has 0 radical (unpaired) electrons. The first-order valence-electron chi connectivity index (χ1n) is 13.1. The van der Waals surface area contributed by atoms with Crippen molar-refractivity contribution in [2.24, 2.45) is 0 Å². The second-order valence-corrected chi connectivity index (χ2v) is 9.13. The van der Waals surface area contributed by atoms with Gasteiger partial charge in [0.1, 0.15) is 12.6 Å². The smallest absolute Gasteiger partial charge is 0.326 e. The van der Waals surface area contributed by atoms with Crippen LogP contribution in [0.3, 0.4) is 0 Å². The molecule has 11 heteroatoms. The average molecular weight is 500 g/mol. The molecular formula is C24H45N5O6. The van der Waals surface area contributed by atoms with Crippen LogP contribution in [-0.4, -0.2) is 90.8 Å². The zero-order chi connectivity index (χ0) is 25.7. The third kappa shape index (κ3) is 17.7. The molecule has 0 unspecified atom stereocenters. The van der Waals surface area contributed by atoms with Crippen LogP contribution in [0.4, 0.5) is 4.79 Å². The van der Waals surface area contributed by atoms with Crippen LogP contribution in [-0.2, 0) is 14.4 Å². The Kier molecular flexibility index (Phi) is 17.4. The first kappa shape index (κ1) is 30.6. The molecule has 3 amide bonds. The Bertz CT molecular complexity index is 628. The summed E-state index contributed by atoms with van der Waals surface area (Å²) in [6.45, 7) is 5.68. The molecule has 0 bridgehead atoms. The predicted molar refractivity (Wildman–Crippen MR) is 133 cm³/mol. The lowest BCUT2D eigenvalue weighted by molar-refractivity contribution is -0.139. The van der Waals surface area contributed by atoms with Gasteiger partial charge in [-0.05, 0) is 38.6 Å². The maximum absolute atomic E-state index is 11.9. The van der Waals surface area contributed by atoms with Gasteiger partial charge in [-0.3, -0.25) is 9.59 Å². The van der Waals surface area contributed by atoms with Crippen molar-refractivity contribution in [3.63, 3.8) is 0 Å². The predicted octanol–water partition coefficient (Wildman–Crippen LogP) is 1.53. The molecule has 0 spiro atoms. The summed E-state index contributed by atoms with van der Waals surface area (Å²) >= 11 is 0. The van der Waals surface area contributed by atoms with Crippen LogP contribution in [0.1, 0.15) is 77.0 Å². The van der Waals surface area contributed by atoms with Gasteiger partial charge in [0.2, 0.25) is 5.91 Å². The van der Waals surface area contributed by atoms with Crippen molar-refractivity contribution in [2.75, 3.05) is 45.8 Å². The van der Waals surface area contributed by atoms with E-state index in [9.17, 15) is 24.3 Å². The summed E-state index contributed by atoms with van der Waals surface area (Å²) in [5.41, 5.74) is 0. The van der Waals surface area contributed by atoms with Gasteiger partial charge in [-0.2, -0.15) is 0 Å². The zero-order valence-corrected chi connectivity index (χ0v) is 21.0. The number of carbonyl (C=O) groups is 4. The number of carbonyl (C=O) groups excluding carboxylic acids is 2. The highest BCUT2D eigenvalue weighted by atomic mass is 16.4. The summed E-state index contributed by atoms with van der Waals surface area (Å²) in [7, 11) is 0.